The van der Waals surface area contributed by atoms with Crippen molar-refractivity contribution in [2.45, 2.75) is 6.42 Å². The van der Waals surface area contributed by atoms with E-state index in [4.69, 9.17) is 11.6 Å². The third-order valence-corrected chi connectivity index (χ3v) is 3.79. The van der Waals surface area contributed by atoms with E-state index < -0.39 is 0 Å². The molecule has 1 aromatic carbocycles. The normalized spacial score (nSPS) is 15.9. The molecule has 1 aromatic heterocycles. The summed E-state index contributed by atoms with van der Waals surface area (Å²) in [6, 6.07) is 11.7. The molecule has 0 saturated carbocycles. The van der Waals surface area contributed by atoms with E-state index >= 15 is 0 Å². The molecule has 2 aromatic rings. The van der Waals surface area contributed by atoms with Crippen LogP contribution >= 0.6 is 11.6 Å². The van der Waals surface area contributed by atoms with Gasteiger partial charge >= 0.3 is 0 Å². The van der Waals surface area contributed by atoms with Gasteiger partial charge in [-0.15, -0.1) is 10.2 Å². The Labute approximate surface area is 123 Å². The van der Waals surface area contributed by atoms with Crippen LogP contribution in [0.5, 0.6) is 0 Å². The Balaban J connectivity index is 1.82. The minimum absolute atomic E-state index is 0.702. The van der Waals surface area contributed by atoms with Crippen molar-refractivity contribution in [3.63, 3.8) is 0 Å². The summed E-state index contributed by atoms with van der Waals surface area (Å²) in [6.07, 6.45) is 1.13. The van der Waals surface area contributed by atoms with Crippen LogP contribution < -0.4 is 10.2 Å². The molecule has 0 aliphatic carbocycles. The number of hydrogen-bond donors (Lipinski definition) is 1. The maximum atomic E-state index is 6.18. The third kappa shape index (κ3) is 2.92. The lowest BCUT2D eigenvalue weighted by Crippen LogP contribution is -2.28. The first kappa shape index (κ1) is 13.3. The molecule has 1 aliphatic heterocycles. The lowest BCUT2D eigenvalue weighted by Gasteiger charge is -2.20. The molecule has 1 fully saturated rings. The number of nitrogens with one attached hydrogen (secondary N) is 1. The molecule has 104 valence electrons. The lowest BCUT2D eigenvalue weighted by molar-refractivity contribution is 0.724. The van der Waals surface area contributed by atoms with E-state index in [0.717, 1.165) is 49.7 Å². The fraction of sp³-hybridized carbons (Fsp3) is 0.333. The van der Waals surface area contributed by atoms with Gasteiger partial charge in [-0.3, -0.25) is 0 Å². The highest BCUT2D eigenvalue weighted by Gasteiger charge is 2.12. The van der Waals surface area contributed by atoms with Crippen LogP contribution in [0.25, 0.3) is 11.3 Å². The second kappa shape index (κ2) is 6.20. The van der Waals surface area contributed by atoms with Gasteiger partial charge in [-0.25, -0.2) is 0 Å². The van der Waals surface area contributed by atoms with Crippen LogP contribution in [0.15, 0.2) is 36.4 Å². The SMILES string of the molecule is Clc1ccccc1-c1ccc(N2CCCNCC2)nn1. The molecule has 3 rings (SSSR count). The number of rotatable bonds is 2. The molecule has 0 amide bonds. The largest absolute Gasteiger partial charge is 0.354 e. The first-order valence-corrected chi connectivity index (χ1v) is 7.27. The fourth-order valence-corrected chi connectivity index (χ4v) is 2.61. The molecular formula is C15H17ClN4. The second-order valence-corrected chi connectivity index (χ2v) is 5.25. The number of hydrogen-bond acceptors (Lipinski definition) is 4. The summed E-state index contributed by atoms with van der Waals surface area (Å²) < 4.78 is 0. The average Bonchev–Trinajstić information content (AvgIpc) is 2.77. The summed E-state index contributed by atoms with van der Waals surface area (Å²) in [7, 11) is 0. The Kier molecular flexibility index (Phi) is 4.14. The van der Waals surface area contributed by atoms with E-state index in [9.17, 15) is 0 Å². The Morgan fingerprint density at radius 3 is 2.70 bits per heavy atom. The lowest BCUT2D eigenvalue weighted by atomic mass is 10.1. The van der Waals surface area contributed by atoms with Gasteiger partial charge in [0, 0.05) is 25.2 Å². The van der Waals surface area contributed by atoms with Crippen LogP contribution in [0.1, 0.15) is 6.42 Å². The van der Waals surface area contributed by atoms with Gasteiger partial charge in [0.15, 0.2) is 5.82 Å². The van der Waals surface area contributed by atoms with Crippen molar-refractivity contribution in [1.82, 2.24) is 15.5 Å². The van der Waals surface area contributed by atoms with Gasteiger partial charge in [0.2, 0.25) is 0 Å². The highest BCUT2D eigenvalue weighted by molar-refractivity contribution is 6.33. The molecule has 4 nitrogen and oxygen atoms in total. The molecule has 0 radical (unpaired) electrons. The standard InChI is InChI=1S/C15H17ClN4/c16-13-5-2-1-4-12(13)14-6-7-15(19-18-14)20-10-3-8-17-9-11-20/h1-2,4-7,17H,3,8-11H2. The van der Waals surface area contributed by atoms with Crippen molar-refractivity contribution in [1.29, 1.82) is 0 Å². The highest BCUT2D eigenvalue weighted by Crippen LogP contribution is 2.26. The van der Waals surface area contributed by atoms with E-state index in [1.54, 1.807) is 0 Å². The van der Waals surface area contributed by atoms with Crippen LogP contribution in [-0.4, -0.2) is 36.4 Å². The Hall–Kier alpha value is -1.65. The van der Waals surface area contributed by atoms with Crippen molar-refractivity contribution in [2.75, 3.05) is 31.1 Å². The second-order valence-electron chi connectivity index (χ2n) is 4.85. The third-order valence-electron chi connectivity index (χ3n) is 3.46. The summed E-state index contributed by atoms with van der Waals surface area (Å²) >= 11 is 6.18. The molecule has 0 spiro atoms. The van der Waals surface area contributed by atoms with E-state index in [0.29, 0.717) is 5.02 Å². The van der Waals surface area contributed by atoms with Gasteiger partial charge in [-0.05, 0) is 31.2 Å². The van der Waals surface area contributed by atoms with Crippen LogP contribution in [0.3, 0.4) is 0 Å². The Morgan fingerprint density at radius 2 is 1.90 bits per heavy atom. The zero-order valence-corrected chi connectivity index (χ0v) is 12.0. The van der Waals surface area contributed by atoms with E-state index in [2.05, 4.69) is 20.4 Å². The summed E-state index contributed by atoms with van der Waals surface area (Å²) in [4.78, 5) is 2.27. The summed E-state index contributed by atoms with van der Waals surface area (Å²) in [5.41, 5.74) is 1.73. The molecule has 1 aliphatic rings. The van der Waals surface area contributed by atoms with Crippen molar-refractivity contribution in [3.8, 4) is 11.3 Å². The molecule has 20 heavy (non-hydrogen) atoms. The minimum Gasteiger partial charge on any atom is -0.354 e. The van der Waals surface area contributed by atoms with Crippen LogP contribution in [-0.2, 0) is 0 Å². The van der Waals surface area contributed by atoms with Gasteiger partial charge in [-0.1, -0.05) is 29.8 Å². The Bertz CT molecular complexity index is 562. The summed E-state index contributed by atoms with van der Waals surface area (Å²) in [5, 5.41) is 12.8. The van der Waals surface area contributed by atoms with Gasteiger partial charge in [0.25, 0.3) is 0 Å². The molecule has 0 unspecified atom stereocenters. The molecule has 5 heteroatoms. The van der Waals surface area contributed by atoms with Crippen LogP contribution in [0.4, 0.5) is 5.82 Å². The number of anilines is 1. The number of nitrogens with zero attached hydrogens (tertiary/aromatic N) is 3. The first-order chi connectivity index (χ1) is 9.84. The highest BCUT2D eigenvalue weighted by atomic mass is 35.5. The number of benzene rings is 1. The van der Waals surface area contributed by atoms with Crippen molar-refractivity contribution in [2.24, 2.45) is 0 Å². The van der Waals surface area contributed by atoms with E-state index in [1.165, 1.54) is 0 Å². The van der Waals surface area contributed by atoms with Crippen molar-refractivity contribution >= 4 is 17.4 Å². The predicted octanol–water partition coefficient (Wildman–Crippen LogP) is 2.60. The van der Waals surface area contributed by atoms with E-state index in [-0.39, 0.29) is 0 Å². The summed E-state index contributed by atoms with van der Waals surface area (Å²) in [5.74, 6) is 0.935. The Morgan fingerprint density at radius 1 is 1.00 bits per heavy atom. The maximum absolute atomic E-state index is 6.18. The van der Waals surface area contributed by atoms with Gasteiger partial charge < -0.3 is 10.2 Å². The molecular weight excluding hydrogens is 272 g/mol. The van der Waals surface area contributed by atoms with Crippen molar-refractivity contribution in [3.05, 3.63) is 41.4 Å². The van der Waals surface area contributed by atoms with Crippen molar-refractivity contribution < 1.29 is 0 Å². The number of halogens is 1. The van der Waals surface area contributed by atoms with Gasteiger partial charge in [0.1, 0.15) is 0 Å². The van der Waals surface area contributed by atoms with Crippen LogP contribution in [0, 0.1) is 0 Å². The zero-order chi connectivity index (χ0) is 13.8. The predicted molar refractivity (Wildman–Crippen MR) is 82.2 cm³/mol. The summed E-state index contributed by atoms with van der Waals surface area (Å²) in [6.45, 7) is 4.06. The average molecular weight is 289 g/mol. The van der Waals surface area contributed by atoms with Gasteiger partial charge in [-0.2, -0.15) is 0 Å². The molecule has 0 bridgehead atoms. The zero-order valence-electron chi connectivity index (χ0n) is 11.2. The minimum atomic E-state index is 0.702. The fourth-order valence-electron chi connectivity index (χ4n) is 2.38. The monoisotopic (exact) mass is 288 g/mol. The molecule has 1 saturated heterocycles. The quantitative estimate of drug-likeness (QED) is 0.922. The topological polar surface area (TPSA) is 41.0 Å². The number of aromatic nitrogens is 2. The maximum Gasteiger partial charge on any atom is 0.151 e. The molecule has 2 heterocycles. The first-order valence-electron chi connectivity index (χ1n) is 6.89. The molecule has 1 N–H and O–H groups in total. The van der Waals surface area contributed by atoms with Gasteiger partial charge in [0.05, 0.1) is 10.7 Å². The van der Waals surface area contributed by atoms with E-state index in [1.807, 2.05) is 36.4 Å². The van der Waals surface area contributed by atoms with Crippen LogP contribution in [0.2, 0.25) is 5.02 Å². The molecule has 0 atom stereocenters. The smallest absolute Gasteiger partial charge is 0.151 e.